The normalized spacial score (nSPS) is 22.6. The Kier molecular flexibility index (Phi) is 2.76. The minimum absolute atomic E-state index is 0.137. The Morgan fingerprint density at radius 2 is 1.71 bits per heavy atom. The van der Waals surface area contributed by atoms with Gasteiger partial charge in [0.15, 0.2) is 0 Å². The zero-order chi connectivity index (χ0) is 12.8. The molecule has 1 aliphatic rings. The van der Waals surface area contributed by atoms with Crippen LogP contribution >= 0.6 is 0 Å². The van der Waals surface area contributed by atoms with Crippen molar-refractivity contribution in [3.8, 4) is 0 Å². The molecule has 1 aliphatic heterocycles. The number of carbonyl (C=O) groups is 1. The van der Waals surface area contributed by atoms with Crippen molar-refractivity contribution in [2.24, 2.45) is 0 Å². The lowest BCUT2D eigenvalue weighted by Crippen LogP contribution is -2.38. The first kappa shape index (κ1) is 12.2. The lowest BCUT2D eigenvalue weighted by atomic mass is 9.79. The van der Waals surface area contributed by atoms with Gasteiger partial charge in [0, 0.05) is 17.9 Å². The van der Waals surface area contributed by atoms with Gasteiger partial charge in [0.1, 0.15) is 0 Å². The first-order valence-electron chi connectivity index (χ1n) is 6.20. The Morgan fingerprint density at radius 3 is 2.12 bits per heavy atom. The second kappa shape index (κ2) is 3.86. The molecular weight excluding hydrogens is 210 g/mol. The molecule has 0 aliphatic carbocycles. The van der Waals surface area contributed by atoms with E-state index in [9.17, 15) is 4.79 Å². The smallest absolute Gasteiger partial charge is 0.221 e. The molecule has 1 aromatic rings. The highest BCUT2D eigenvalue weighted by Crippen LogP contribution is 2.39. The van der Waals surface area contributed by atoms with Crippen molar-refractivity contribution in [3.63, 3.8) is 0 Å². The summed E-state index contributed by atoms with van der Waals surface area (Å²) in [5.41, 5.74) is 5.11. The summed E-state index contributed by atoms with van der Waals surface area (Å²) in [6.45, 7) is 10.6. The number of rotatable bonds is 1. The summed E-state index contributed by atoms with van der Waals surface area (Å²) in [5, 5.41) is 3.07. The third-order valence-electron chi connectivity index (χ3n) is 3.81. The Morgan fingerprint density at radius 1 is 1.18 bits per heavy atom. The molecule has 1 fully saturated rings. The first-order chi connectivity index (χ1) is 7.81. The molecule has 1 amide bonds. The Hall–Kier alpha value is -1.31. The van der Waals surface area contributed by atoms with Crippen LogP contribution in [0.5, 0.6) is 0 Å². The number of amides is 1. The molecule has 1 unspecified atom stereocenters. The Bertz CT molecular complexity index is 451. The van der Waals surface area contributed by atoms with Crippen molar-refractivity contribution in [2.45, 2.75) is 52.5 Å². The molecule has 2 nitrogen and oxygen atoms in total. The number of aryl methyl sites for hydroxylation is 3. The standard InChI is InChI=1S/C15H21NO/c1-9-6-10(2)14(11(3)7-9)12-8-13(17)16-15(12,4)5/h6-7,12H,8H2,1-5H3,(H,16,17). The third kappa shape index (κ3) is 2.08. The molecular formula is C15H21NO. The van der Waals surface area contributed by atoms with Crippen LogP contribution in [0.25, 0.3) is 0 Å². The van der Waals surface area contributed by atoms with Gasteiger partial charge < -0.3 is 5.32 Å². The van der Waals surface area contributed by atoms with E-state index in [0.717, 1.165) is 0 Å². The van der Waals surface area contributed by atoms with Gasteiger partial charge in [0.05, 0.1) is 0 Å². The second-order valence-corrected chi connectivity index (χ2v) is 5.84. The third-order valence-corrected chi connectivity index (χ3v) is 3.81. The number of nitrogens with one attached hydrogen (secondary N) is 1. The van der Waals surface area contributed by atoms with Gasteiger partial charge in [0.2, 0.25) is 5.91 Å². The highest BCUT2D eigenvalue weighted by atomic mass is 16.2. The summed E-state index contributed by atoms with van der Waals surface area (Å²) in [6, 6.07) is 4.42. The Balaban J connectivity index is 2.51. The minimum Gasteiger partial charge on any atom is -0.351 e. The van der Waals surface area contributed by atoms with E-state index in [-0.39, 0.29) is 17.4 Å². The molecule has 92 valence electrons. The molecule has 1 N–H and O–H groups in total. The summed E-state index contributed by atoms with van der Waals surface area (Å²) in [4.78, 5) is 11.6. The maximum absolute atomic E-state index is 11.6. The van der Waals surface area contributed by atoms with Crippen LogP contribution in [0, 0.1) is 20.8 Å². The van der Waals surface area contributed by atoms with E-state index in [0.29, 0.717) is 6.42 Å². The van der Waals surface area contributed by atoms with E-state index < -0.39 is 0 Å². The number of hydrogen-bond acceptors (Lipinski definition) is 1. The van der Waals surface area contributed by atoms with Gasteiger partial charge >= 0.3 is 0 Å². The van der Waals surface area contributed by atoms with E-state index in [2.05, 4.69) is 52.1 Å². The summed E-state index contributed by atoms with van der Waals surface area (Å²) in [5.74, 6) is 0.454. The van der Waals surface area contributed by atoms with E-state index in [1.165, 1.54) is 22.3 Å². The van der Waals surface area contributed by atoms with Crippen LogP contribution in [0.1, 0.15) is 48.4 Å². The van der Waals surface area contributed by atoms with Crippen LogP contribution in [0.3, 0.4) is 0 Å². The van der Waals surface area contributed by atoms with Crippen LogP contribution in [0.4, 0.5) is 0 Å². The van der Waals surface area contributed by atoms with Gasteiger partial charge in [-0.2, -0.15) is 0 Å². The fourth-order valence-corrected chi connectivity index (χ4v) is 3.14. The van der Waals surface area contributed by atoms with Gasteiger partial charge in [-0.15, -0.1) is 0 Å². The predicted molar refractivity (Wildman–Crippen MR) is 70.2 cm³/mol. The van der Waals surface area contributed by atoms with Crippen molar-refractivity contribution in [1.29, 1.82) is 0 Å². The monoisotopic (exact) mass is 231 g/mol. The number of carbonyl (C=O) groups excluding carboxylic acids is 1. The predicted octanol–water partition coefficient (Wildman–Crippen LogP) is 2.99. The van der Waals surface area contributed by atoms with Crippen LogP contribution in [0.2, 0.25) is 0 Å². The van der Waals surface area contributed by atoms with Gasteiger partial charge in [-0.3, -0.25) is 4.79 Å². The van der Waals surface area contributed by atoms with Gasteiger partial charge in [0.25, 0.3) is 0 Å². The summed E-state index contributed by atoms with van der Waals surface area (Å²) < 4.78 is 0. The first-order valence-corrected chi connectivity index (χ1v) is 6.20. The molecule has 0 saturated carbocycles. The van der Waals surface area contributed by atoms with Crippen LogP contribution < -0.4 is 5.32 Å². The quantitative estimate of drug-likeness (QED) is 0.791. The van der Waals surface area contributed by atoms with E-state index in [1.807, 2.05) is 0 Å². The molecule has 17 heavy (non-hydrogen) atoms. The molecule has 0 aromatic heterocycles. The zero-order valence-corrected chi connectivity index (χ0v) is 11.3. The maximum atomic E-state index is 11.6. The molecule has 0 spiro atoms. The highest BCUT2D eigenvalue weighted by molar-refractivity contribution is 5.81. The van der Waals surface area contributed by atoms with Crippen molar-refractivity contribution in [1.82, 2.24) is 5.32 Å². The molecule has 1 heterocycles. The van der Waals surface area contributed by atoms with E-state index in [4.69, 9.17) is 0 Å². The van der Waals surface area contributed by atoms with Crippen LogP contribution in [-0.2, 0) is 4.79 Å². The van der Waals surface area contributed by atoms with Crippen LogP contribution in [-0.4, -0.2) is 11.4 Å². The van der Waals surface area contributed by atoms with Crippen molar-refractivity contribution < 1.29 is 4.79 Å². The van der Waals surface area contributed by atoms with E-state index >= 15 is 0 Å². The number of hydrogen-bond donors (Lipinski definition) is 1. The number of benzene rings is 1. The molecule has 1 saturated heterocycles. The zero-order valence-electron chi connectivity index (χ0n) is 11.3. The largest absolute Gasteiger partial charge is 0.351 e. The summed E-state index contributed by atoms with van der Waals surface area (Å²) in [6.07, 6.45) is 0.609. The second-order valence-electron chi connectivity index (χ2n) is 5.84. The van der Waals surface area contributed by atoms with Crippen molar-refractivity contribution in [2.75, 3.05) is 0 Å². The SMILES string of the molecule is Cc1cc(C)c(C2CC(=O)NC2(C)C)c(C)c1. The lowest BCUT2D eigenvalue weighted by Gasteiger charge is -2.29. The van der Waals surface area contributed by atoms with Gasteiger partial charge in [-0.05, 0) is 51.3 Å². The minimum atomic E-state index is -0.137. The molecule has 1 atom stereocenters. The molecule has 1 aromatic carbocycles. The van der Waals surface area contributed by atoms with Gasteiger partial charge in [-0.1, -0.05) is 17.7 Å². The molecule has 0 radical (unpaired) electrons. The van der Waals surface area contributed by atoms with Gasteiger partial charge in [-0.25, -0.2) is 0 Å². The van der Waals surface area contributed by atoms with Crippen LogP contribution in [0.15, 0.2) is 12.1 Å². The summed E-state index contributed by atoms with van der Waals surface area (Å²) >= 11 is 0. The van der Waals surface area contributed by atoms with Crippen molar-refractivity contribution >= 4 is 5.91 Å². The van der Waals surface area contributed by atoms with Crippen molar-refractivity contribution in [3.05, 3.63) is 34.4 Å². The fraction of sp³-hybridized carbons (Fsp3) is 0.533. The van der Waals surface area contributed by atoms with E-state index in [1.54, 1.807) is 0 Å². The Labute approximate surface area is 103 Å². The summed E-state index contributed by atoms with van der Waals surface area (Å²) in [7, 11) is 0. The average Bonchev–Trinajstić information content (AvgIpc) is 2.37. The fourth-order valence-electron chi connectivity index (χ4n) is 3.14. The maximum Gasteiger partial charge on any atom is 0.221 e. The molecule has 0 bridgehead atoms. The molecule has 2 rings (SSSR count). The molecule has 2 heteroatoms. The highest BCUT2D eigenvalue weighted by Gasteiger charge is 2.41. The lowest BCUT2D eigenvalue weighted by molar-refractivity contribution is -0.119. The topological polar surface area (TPSA) is 29.1 Å². The average molecular weight is 231 g/mol.